The molecule has 0 spiro atoms. The first-order valence-corrected chi connectivity index (χ1v) is 8.35. The molecule has 0 aromatic heterocycles. The van der Waals surface area contributed by atoms with Gasteiger partial charge in [0.1, 0.15) is 0 Å². The van der Waals surface area contributed by atoms with Crippen LogP contribution in [-0.2, 0) is 4.79 Å². The van der Waals surface area contributed by atoms with E-state index in [-0.39, 0.29) is 0 Å². The van der Waals surface area contributed by atoms with Crippen LogP contribution in [-0.4, -0.2) is 48.2 Å². The molecule has 4 nitrogen and oxygen atoms in total. The van der Waals surface area contributed by atoms with Crippen molar-refractivity contribution < 1.29 is 9.90 Å². The van der Waals surface area contributed by atoms with Crippen LogP contribution in [0, 0.1) is 11.8 Å². The molecular weight excluding hydrogens is 252 g/mol. The Labute approximate surface area is 122 Å². The molecule has 1 heterocycles. The molecule has 0 aromatic carbocycles. The van der Waals surface area contributed by atoms with Crippen molar-refractivity contribution in [1.29, 1.82) is 0 Å². The maximum atomic E-state index is 10.7. The van der Waals surface area contributed by atoms with E-state index in [9.17, 15) is 4.79 Å². The third kappa shape index (κ3) is 5.06. The van der Waals surface area contributed by atoms with Gasteiger partial charge in [-0.2, -0.15) is 0 Å². The molecule has 0 aromatic rings. The third-order valence-electron chi connectivity index (χ3n) is 5.00. The van der Waals surface area contributed by atoms with E-state index in [2.05, 4.69) is 17.1 Å². The highest BCUT2D eigenvalue weighted by Gasteiger charge is 2.27. The number of hydrogen-bond acceptors (Lipinski definition) is 3. The maximum Gasteiger partial charge on any atom is 0.303 e. The van der Waals surface area contributed by atoms with Crippen LogP contribution in [0.4, 0.5) is 0 Å². The molecule has 20 heavy (non-hydrogen) atoms. The Bertz CT molecular complexity index is 303. The number of aliphatic carboxylic acids is 1. The summed E-state index contributed by atoms with van der Waals surface area (Å²) in [5, 5.41) is 12.6. The van der Waals surface area contributed by atoms with Gasteiger partial charge in [0.15, 0.2) is 0 Å². The molecule has 4 heteroatoms. The van der Waals surface area contributed by atoms with Gasteiger partial charge in [0.25, 0.3) is 0 Å². The Kier molecular flexibility index (Phi) is 6.30. The summed E-state index contributed by atoms with van der Waals surface area (Å²) in [4.78, 5) is 13.2. The Hall–Kier alpha value is -0.610. The van der Waals surface area contributed by atoms with Crippen LogP contribution in [0.5, 0.6) is 0 Å². The van der Waals surface area contributed by atoms with Crippen LogP contribution >= 0.6 is 0 Å². The number of carbonyl (C=O) groups is 1. The standard InChI is InChI=1S/C16H30N2O2/c1-2-18-11-14(7-8-16(19)20)9-15(12-18)17-10-13-5-3-4-6-13/h13-15,17H,2-12H2,1H3,(H,19,20). The van der Waals surface area contributed by atoms with Crippen molar-refractivity contribution in [1.82, 2.24) is 10.2 Å². The predicted molar refractivity (Wildman–Crippen MR) is 80.8 cm³/mol. The van der Waals surface area contributed by atoms with E-state index >= 15 is 0 Å². The number of rotatable bonds is 7. The highest BCUT2D eigenvalue weighted by molar-refractivity contribution is 5.66. The lowest BCUT2D eigenvalue weighted by Crippen LogP contribution is -2.50. The smallest absolute Gasteiger partial charge is 0.303 e. The van der Waals surface area contributed by atoms with Crippen molar-refractivity contribution >= 4 is 5.97 Å². The molecule has 1 saturated heterocycles. The van der Waals surface area contributed by atoms with Gasteiger partial charge in [0, 0.05) is 25.6 Å². The summed E-state index contributed by atoms with van der Waals surface area (Å²) < 4.78 is 0. The summed E-state index contributed by atoms with van der Waals surface area (Å²) in [6.45, 7) is 6.64. The topological polar surface area (TPSA) is 52.6 Å². The van der Waals surface area contributed by atoms with Gasteiger partial charge in [-0.25, -0.2) is 0 Å². The third-order valence-corrected chi connectivity index (χ3v) is 5.00. The normalized spacial score (nSPS) is 28.9. The van der Waals surface area contributed by atoms with Gasteiger partial charge >= 0.3 is 5.97 Å². The zero-order valence-corrected chi connectivity index (χ0v) is 12.8. The molecule has 2 fully saturated rings. The van der Waals surface area contributed by atoms with Gasteiger partial charge in [-0.3, -0.25) is 4.79 Å². The molecule has 0 amide bonds. The number of piperidine rings is 1. The number of carboxylic acid groups (broad SMARTS) is 1. The number of nitrogens with one attached hydrogen (secondary N) is 1. The van der Waals surface area contributed by atoms with E-state index in [1.54, 1.807) is 0 Å². The van der Waals surface area contributed by atoms with E-state index in [1.807, 2.05) is 0 Å². The minimum atomic E-state index is -0.658. The number of hydrogen-bond donors (Lipinski definition) is 2. The van der Waals surface area contributed by atoms with Crippen LogP contribution in [0.15, 0.2) is 0 Å². The molecule has 2 unspecified atom stereocenters. The number of likely N-dealkylation sites (tertiary alicyclic amines) is 1. The number of carboxylic acids is 1. The quantitative estimate of drug-likeness (QED) is 0.752. The fourth-order valence-corrected chi connectivity index (χ4v) is 3.79. The van der Waals surface area contributed by atoms with Gasteiger partial charge in [0.2, 0.25) is 0 Å². The Morgan fingerprint density at radius 1 is 1.25 bits per heavy atom. The van der Waals surface area contributed by atoms with Gasteiger partial charge in [0.05, 0.1) is 0 Å². The van der Waals surface area contributed by atoms with Crippen molar-refractivity contribution in [2.45, 2.75) is 57.9 Å². The molecule has 116 valence electrons. The molecule has 2 N–H and O–H groups in total. The van der Waals surface area contributed by atoms with Gasteiger partial charge in [-0.1, -0.05) is 19.8 Å². The summed E-state index contributed by atoms with van der Waals surface area (Å²) in [6, 6.07) is 0.558. The van der Waals surface area contributed by atoms with Crippen LogP contribution < -0.4 is 5.32 Å². The second kappa shape index (κ2) is 7.99. The molecule has 2 aliphatic rings. The molecule has 2 atom stereocenters. The largest absolute Gasteiger partial charge is 0.481 e. The summed E-state index contributed by atoms with van der Waals surface area (Å²) in [5.74, 6) is 0.763. The Morgan fingerprint density at radius 3 is 2.65 bits per heavy atom. The van der Waals surface area contributed by atoms with Crippen molar-refractivity contribution in [3.8, 4) is 0 Å². The Morgan fingerprint density at radius 2 is 2.00 bits per heavy atom. The fraction of sp³-hybridized carbons (Fsp3) is 0.938. The second-order valence-corrected chi connectivity index (χ2v) is 6.64. The van der Waals surface area contributed by atoms with E-state index in [4.69, 9.17) is 5.11 Å². The van der Waals surface area contributed by atoms with Gasteiger partial charge in [-0.15, -0.1) is 0 Å². The van der Waals surface area contributed by atoms with Crippen LogP contribution in [0.2, 0.25) is 0 Å². The lowest BCUT2D eigenvalue weighted by molar-refractivity contribution is -0.137. The molecule has 1 saturated carbocycles. The van der Waals surface area contributed by atoms with E-state index < -0.39 is 5.97 Å². The minimum Gasteiger partial charge on any atom is -0.481 e. The average Bonchev–Trinajstić information content (AvgIpc) is 2.96. The molecule has 1 aliphatic heterocycles. The summed E-state index contributed by atoms with van der Waals surface area (Å²) in [5.41, 5.74) is 0. The van der Waals surface area contributed by atoms with Crippen molar-refractivity contribution in [3.05, 3.63) is 0 Å². The monoisotopic (exact) mass is 282 g/mol. The number of nitrogens with zero attached hydrogens (tertiary/aromatic N) is 1. The fourth-order valence-electron chi connectivity index (χ4n) is 3.79. The first kappa shape index (κ1) is 15.8. The minimum absolute atomic E-state index is 0.317. The first-order chi connectivity index (χ1) is 9.67. The zero-order chi connectivity index (χ0) is 14.4. The maximum absolute atomic E-state index is 10.7. The predicted octanol–water partition coefficient (Wildman–Crippen LogP) is 2.34. The lowest BCUT2D eigenvalue weighted by Gasteiger charge is -2.38. The highest BCUT2D eigenvalue weighted by Crippen LogP contribution is 2.25. The molecule has 1 aliphatic carbocycles. The number of likely N-dealkylation sites (N-methyl/N-ethyl adjacent to an activating group) is 1. The molecule has 0 bridgehead atoms. The van der Waals surface area contributed by atoms with E-state index in [1.165, 1.54) is 25.7 Å². The highest BCUT2D eigenvalue weighted by atomic mass is 16.4. The summed E-state index contributed by atoms with van der Waals surface area (Å²) in [7, 11) is 0. The SMILES string of the molecule is CCN1CC(CCC(=O)O)CC(NCC2CCCC2)C1. The second-order valence-electron chi connectivity index (χ2n) is 6.64. The van der Waals surface area contributed by atoms with Crippen LogP contribution in [0.3, 0.4) is 0 Å². The van der Waals surface area contributed by atoms with Crippen molar-refractivity contribution in [3.63, 3.8) is 0 Å². The average molecular weight is 282 g/mol. The molecular formula is C16H30N2O2. The molecule has 0 radical (unpaired) electrons. The first-order valence-electron chi connectivity index (χ1n) is 8.35. The zero-order valence-electron chi connectivity index (χ0n) is 12.8. The summed E-state index contributed by atoms with van der Waals surface area (Å²) >= 11 is 0. The summed E-state index contributed by atoms with van der Waals surface area (Å²) in [6.07, 6.45) is 7.87. The Balaban J connectivity index is 1.76. The van der Waals surface area contributed by atoms with Crippen LogP contribution in [0.25, 0.3) is 0 Å². The van der Waals surface area contributed by atoms with Crippen molar-refractivity contribution in [2.24, 2.45) is 11.8 Å². The van der Waals surface area contributed by atoms with Crippen LogP contribution in [0.1, 0.15) is 51.9 Å². The lowest BCUT2D eigenvalue weighted by atomic mass is 9.90. The van der Waals surface area contributed by atoms with Gasteiger partial charge < -0.3 is 15.3 Å². The van der Waals surface area contributed by atoms with E-state index in [0.717, 1.165) is 44.9 Å². The molecule has 2 rings (SSSR count). The van der Waals surface area contributed by atoms with E-state index in [0.29, 0.717) is 18.4 Å². The van der Waals surface area contributed by atoms with Gasteiger partial charge in [-0.05, 0) is 50.6 Å². The van der Waals surface area contributed by atoms with Crippen molar-refractivity contribution in [2.75, 3.05) is 26.2 Å².